The molecule has 1 saturated carbocycles. The highest BCUT2D eigenvalue weighted by atomic mass is 17.1. The van der Waals surface area contributed by atoms with Crippen molar-refractivity contribution < 1.29 is 19.7 Å². The summed E-state index contributed by atoms with van der Waals surface area (Å²) in [5.74, 6) is 0. The molecule has 11 heavy (non-hydrogen) atoms. The van der Waals surface area contributed by atoms with Crippen LogP contribution in [0.15, 0.2) is 0 Å². The first kappa shape index (κ1) is 9.00. The van der Waals surface area contributed by atoms with Crippen molar-refractivity contribution in [3.8, 4) is 0 Å². The highest BCUT2D eigenvalue weighted by Gasteiger charge is 2.23. The van der Waals surface area contributed by atoms with Crippen LogP contribution in [-0.4, -0.2) is 23.7 Å². The van der Waals surface area contributed by atoms with Crippen molar-refractivity contribution in [2.24, 2.45) is 0 Å². The highest BCUT2D eigenvalue weighted by molar-refractivity contribution is 6.34. The Kier molecular flexibility index (Phi) is 3.86. The topological polar surface area (TPSA) is 58.9 Å². The van der Waals surface area contributed by atoms with Gasteiger partial charge >= 0.3 is 7.32 Å². The van der Waals surface area contributed by atoms with E-state index in [1.807, 2.05) is 0 Å². The van der Waals surface area contributed by atoms with Gasteiger partial charge in [0.15, 0.2) is 0 Å². The Hall–Kier alpha value is -0.0951. The van der Waals surface area contributed by atoms with Gasteiger partial charge in [-0.2, -0.15) is 0 Å². The average molecular weight is 160 g/mol. The number of hydrogen-bond acceptors (Lipinski definition) is 4. The molecule has 4 nitrogen and oxygen atoms in total. The molecule has 0 aromatic carbocycles. The van der Waals surface area contributed by atoms with Crippen LogP contribution in [0.5, 0.6) is 0 Å². The summed E-state index contributed by atoms with van der Waals surface area (Å²) in [4.78, 5) is 3.59. The molecule has 0 spiro atoms. The molecule has 1 fully saturated rings. The Morgan fingerprint density at radius 1 is 1.18 bits per heavy atom. The van der Waals surface area contributed by atoms with Crippen LogP contribution in [0.2, 0.25) is 0 Å². The van der Waals surface area contributed by atoms with E-state index in [4.69, 9.17) is 14.9 Å². The van der Waals surface area contributed by atoms with Gasteiger partial charge in [0, 0.05) is 6.10 Å². The first-order valence-corrected chi connectivity index (χ1v) is 3.96. The van der Waals surface area contributed by atoms with E-state index in [0.717, 1.165) is 25.7 Å². The third kappa shape index (κ3) is 3.20. The van der Waals surface area contributed by atoms with E-state index >= 15 is 0 Å². The molecule has 5 heteroatoms. The molecule has 0 aliphatic heterocycles. The largest absolute Gasteiger partial charge is 0.665 e. The summed E-state index contributed by atoms with van der Waals surface area (Å²) in [6, 6.07) is 0. The molecule has 0 saturated heterocycles. The van der Waals surface area contributed by atoms with Crippen molar-refractivity contribution in [3.05, 3.63) is 0 Å². The molecule has 0 radical (unpaired) electrons. The summed E-state index contributed by atoms with van der Waals surface area (Å²) in [6.07, 6.45) is 5.42. The second kappa shape index (κ2) is 4.72. The normalized spacial score (nSPS) is 20.2. The van der Waals surface area contributed by atoms with E-state index in [0.29, 0.717) is 0 Å². The molecule has 0 atom stereocenters. The molecular weight excluding hydrogens is 147 g/mol. The van der Waals surface area contributed by atoms with Crippen molar-refractivity contribution in [1.29, 1.82) is 0 Å². The molecule has 0 heterocycles. The zero-order valence-corrected chi connectivity index (χ0v) is 6.40. The Morgan fingerprint density at radius 3 is 2.36 bits per heavy atom. The summed E-state index contributed by atoms with van der Waals surface area (Å²) < 4.78 is 4.92. The fourth-order valence-electron chi connectivity index (χ4n) is 1.39. The van der Waals surface area contributed by atoms with E-state index in [1.54, 1.807) is 0 Å². The molecule has 0 amide bonds. The molecule has 1 aliphatic carbocycles. The molecule has 1 aliphatic rings. The zero-order chi connectivity index (χ0) is 8.10. The van der Waals surface area contributed by atoms with E-state index in [1.165, 1.54) is 6.42 Å². The van der Waals surface area contributed by atoms with Gasteiger partial charge in [-0.1, -0.05) is 19.3 Å². The molecule has 2 N–H and O–H groups in total. The lowest BCUT2D eigenvalue weighted by molar-refractivity contribution is -0.183. The fourth-order valence-corrected chi connectivity index (χ4v) is 1.39. The second-order valence-electron chi connectivity index (χ2n) is 2.81. The van der Waals surface area contributed by atoms with Gasteiger partial charge < -0.3 is 9.68 Å². The molecular formula is C6H13BO4. The summed E-state index contributed by atoms with van der Waals surface area (Å²) in [5.41, 5.74) is 0. The summed E-state index contributed by atoms with van der Waals surface area (Å²) in [6.45, 7) is 0. The van der Waals surface area contributed by atoms with Crippen LogP contribution in [0.3, 0.4) is 0 Å². The lowest BCUT2D eigenvalue weighted by Crippen LogP contribution is -2.29. The monoisotopic (exact) mass is 160 g/mol. The van der Waals surface area contributed by atoms with Crippen molar-refractivity contribution in [2.75, 3.05) is 0 Å². The minimum absolute atomic E-state index is 0.0471. The predicted molar refractivity (Wildman–Crippen MR) is 39.6 cm³/mol. The van der Waals surface area contributed by atoms with Crippen LogP contribution in [0.4, 0.5) is 0 Å². The Labute approximate surface area is 66.2 Å². The lowest BCUT2D eigenvalue weighted by Gasteiger charge is -2.21. The SMILES string of the molecule is OOB(O)OC1CCCCC1. The lowest BCUT2D eigenvalue weighted by atomic mass is 9.97. The van der Waals surface area contributed by atoms with Gasteiger partial charge in [0.2, 0.25) is 0 Å². The third-order valence-electron chi connectivity index (χ3n) is 1.95. The Bertz CT molecular complexity index is 105. The predicted octanol–water partition coefficient (Wildman–Crippen LogP) is 0.802. The number of rotatable bonds is 3. The van der Waals surface area contributed by atoms with Crippen molar-refractivity contribution in [3.63, 3.8) is 0 Å². The third-order valence-corrected chi connectivity index (χ3v) is 1.95. The van der Waals surface area contributed by atoms with Crippen LogP contribution in [0.1, 0.15) is 32.1 Å². The molecule has 64 valence electrons. The first-order chi connectivity index (χ1) is 5.33. The zero-order valence-electron chi connectivity index (χ0n) is 6.40. The van der Waals surface area contributed by atoms with Gasteiger partial charge in [-0.05, 0) is 12.8 Å². The van der Waals surface area contributed by atoms with Crippen LogP contribution in [0.25, 0.3) is 0 Å². The van der Waals surface area contributed by atoms with Gasteiger partial charge in [0.1, 0.15) is 0 Å². The smallest absolute Gasteiger partial charge is 0.400 e. The van der Waals surface area contributed by atoms with Gasteiger partial charge in [0.05, 0.1) is 0 Å². The van der Waals surface area contributed by atoms with Gasteiger partial charge in [-0.25, -0.2) is 4.81 Å². The van der Waals surface area contributed by atoms with Crippen molar-refractivity contribution in [2.45, 2.75) is 38.2 Å². The maximum absolute atomic E-state index is 8.72. The van der Waals surface area contributed by atoms with Crippen molar-refractivity contribution in [1.82, 2.24) is 0 Å². The van der Waals surface area contributed by atoms with Crippen LogP contribution >= 0.6 is 0 Å². The molecule has 1 rings (SSSR count). The van der Waals surface area contributed by atoms with E-state index < -0.39 is 7.32 Å². The minimum atomic E-state index is -1.47. The number of hydrogen-bond donors (Lipinski definition) is 2. The van der Waals surface area contributed by atoms with E-state index in [2.05, 4.69) is 4.81 Å². The Morgan fingerprint density at radius 2 is 1.82 bits per heavy atom. The van der Waals surface area contributed by atoms with Gasteiger partial charge in [-0.3, -0.25) is 5.26 Å². The highest BCUT2D eigenvalue weighted by Crippen LogP contribution is 2.20. The molecule has 0 unspecified atom stereocenters. The maximum atomic E-state index is 8.72. The summed E-state index contributed by atoms with van der Waals surface area (Å²) >= 11 is 0. The second-order valence-corrected chi connectivity index (χ2v) is 2.81. The standard InChI is InChI=1S/C6H13BO4/c8-7(11-9)10-6-4-2-1-3-5-6/h6,8-9H,1-5H2. The van der Waals surface area contributed by atoms with E-state index in [9.17, 15) is 0 Å². The van der Waals surface area contributed by atoms with E-state index in [-0.39, 0.29) is 6.10 Å². The van der Waals surface area contributed by atoms with Gasteiger partial charge in [-0.15, -0.1) is 0 Å². The Balaban J connectivity index is 2.13. The molecule has 0 aromatic heterocycles. The summed E-state index contributed by atoms with van der Waals surface area (Å²) in [5, 5.41) is 16.7. The van der Waals surface area contributed by atoms with Crippen molar-refractivity contribution >= 4 is 7.32 Å². The summed E-state index contributed by atoms with van der Waals surface area (Å²) in [7, 11) is -1.47. The molecule has 0 aromatic rings. The first-order valence-electron chi connectivity index (χ1n) is 3.96. The van der Waals surface area contributed by atoms with Gasteiger partial charge in [0.25, 0.3) is 0 Å². The average Bonchev–Trinajstić information content (AvgIpc) is 2.06. The van der Waals surface area contributed by atoms with Crippen LogP contribution in [0, 0.1) is 0 Å². The molecule has 0 bridgehead atoms. The maximum Gasteiger partial charge on any atom is 0.665 e. The van der Waals surface area contributed by atoms with Crippen LogP contribution < -0.4 is 0 Å². The van der Waals surface area contributed by atoms with Crippen LogP contribution in [-0.2, 0) is 9.46 Å². The quantitative estimate of drug-likeness (QED) is 0.364. The fraction of sp³-hybridized carbons (Fsp3) is 1.00. The minimum Gasteiger partial charge on any atom is -0.400 e.